The molecule has 8 heteroatoms. The van der Waals surface area contributed by atoms with Crippen molar-refractivity contribution in [3.05, 3.63) is 53.6 Å². The summed E-state index contributed by atoms with van der Waals surface area (Å²) in [6.07, 6.45) is 0. The average Bonchev–Trinajstić information content (AvgIpc) is 2.70. The van der Waals surface area contributed by atoms with Gasteiger partial charge in [-0.1, -0.05) is 24.0 Å². The van der Waals surface area contributed by atoms with Crippen LogP contribution in [0.5, 0.6) is 11.5 Å². The van der Waals surface area contributed by atoms with Gasteiger partial charge in [0, 0.05) is 18.7 Å². The van der Waals surface area contributed by atoms with Crippen molar-refractivity contribution in [2.75, 3.05) is 27.8 Å². The van der Waals surface area contributed by atoms with Gasteiger partial charge in [0.05, 0.1) is 31.2 Å². The Hall–Kier alpha value is -3.02. The first kappa shape index (κ1) is 20.3. The number of rotatable bonds is 6. The molecule has 0 atom stereocenters. The summed E-state index contributed by atoms with van der Waals surface area (Å²) in [5.41, 5.74) is 0.942. The van der Waals surface area contributed by atoms with E-state index < -0.39 is 10.0 Å². The summed E-state index contributed by atoms with van der Waals surface area (Å²) in [6.45, 7) is -0.112. The van der Waals surface area contributed by atoms with Crippen LogP contribution in [0.2, 0.25) is 0 Å². The topological polar surface area (TPSA) is 93.7 Å². The molecule has 0 radical (unpaired) electrons. The maximum atomic E-state index is 12.4. The summed E-state index contributed by atoms with van der Waals surface area (Å²) in [7, 11) is 0.657. The molecule has 2 N–H and O–H groups in total. The third kappa shape index (κ3) is 5.00. The second kappa shape index (κ2) is 9.07. The molecule has 0 spiro atoms. The van der Waals surface area contributed by atoms with Gasteiger partial charge >= 0.3 is 0 Å². The van der Waals surface area contributed by atoms with Crippen LogP contribution in [0, 0.1) is 11.8 Å². The Labute approximate surface area is 158 Å². The predicted octanol–water partition coefficient (Wildman–Crippen LogP) is 1.39. The quantitative estimate of drug-likeness (QED) is 0.730. The molecule has 0 unspecified atom stereocenters. The van der Waals surface area contributed by atoms with E-state index in [2.05, 4.69) is 21.9 Å². The van der Waals surface area contributed by atoms with E-state index in [0.29, 0.717) is 22.6 Å². The molecule has 0 fully saturated rings. The minimum atomic E-state index is -3.77. The Morgan fingerprint density at radius 3 is 2.44 bits per heavy atom. The molecule has 2 aromatic carbocycles. The van der Waals surface area contributed by atoms with Gasteiger partial charge in [0.1, 0.15) is 0 Å². The van der Waals surface area contributed by atoms with Crippen molar-refractivity contribution in [1.29, 1.82) is 0 Å². The molecule has 0 saturated carbocycles. The fourth-order valence-corrected chi connectivity index (χ4v) is 3.20. The van der Waals surface area contributed by atoms with E-state index in [0.717, 1.165) is 0 Å². The summed E-state index contributed by atoms with van der Waals surface area (Å²) < 4.78 is 37.4. The summed E-state index contributed by atoms with van der Waals surface area (Å²) in [4.78, 5) is 11.8. The van der Waals surface area contributed by atoms with Gasteiger partial charge in [0.2, 0.25) is 10.0 Å². The van der Waals surface area contributed by atoms with Crippen LogP contribution in [0.25, 0.3) is 0 Å². The van der Waals surface area contributed by atoms with Gasteiger partial charge in [0.25, 0.3) is 5.91 Å². The molecule has 0 heterocycles. The van der Waals surface area contributed by atoms with Gasteiger partial charge in [-0.2, -0.15) is 4.72 Å². The molecule has 2 rings (SSSR count). The van der Waals surface area contributed by atoms with Gasteiger partial charge in [-0.15, -0.1) is 0 Å². The Bertz CT molecular complexity index is 991. The molecule has 142 valence electrons. The fourth-order valence-electron chi connectivity index (χ4n) is 2.26. The molecule has 0 aliphatic rings. The van der Waals surface area contributed by atoms with Gasteiger partial charge in [-0.05, 0) is 24.3 Å². The highest BCUT2D eigenvalue weighted by Crippen LogP contribution is 2.29. The second-order valence-corrected chi connectivity index (χ2v) is 7.03. The molecular formula is C19H20N2O5S. The lowest BCUT2D eigenvalue weighted by Crippen LogP contribution is -2.24. The summed E-state index contributed by atoms with van der Waals surface area (Å²) in [6, 6.07) is 11.1. The van der Waals surface area contributed by atoms with E-state index >= 15 is 0 Å². The molecule has 27 heavy (non-hydrogen) atoms. The average molecular weight is 388 g/mol. The van der Waals surface area contributed by atoms with Crippen molar-refractivity contribution in [2.24, 2.45) is 0 Å². The van der Waals surface area contributed by atoms with E-state index in [1.165, 1.54) is 39.5 Å². The molecule has 1 amide bonds. The highest BCUT2D eigenvalue weighted by Gasteiger charge is 2.16. The molecule has 0 bridgehead atoms. The highest BCUT2D eigenvalue weighted by molar-refractivity contribution is 7.89. The van der Waals surface area contributed by atoms with Gasteiger partial charge in [-0.3, -0.25) is 4.79 Å². The second-order valence-electron chi connectivity index (χ2n) is 5.27. The van der Waals surface area contributed by atoms with Gasteiger partial charge in [0.15, 0.2) is 11.5 Å². The largest absolute Gasteiger partial charge is 0.493 e. The molecule has 7 nitrogen and oxygen atoms in total. The van der Waals surface area contributed by atoms with Crippen LogP contribution in [-0.2, 0) is 10.0 Å². The van der Waals surface area contributed by atoms with Crippen LogP contribution < -0.4 is 19.5 Å². The number of carbonyl (C=O) groups is 1. The van der Waals surface area contributed by atoms with E-state index in [1.54, 1.807) is 24.3 Å². The summed E-state index contributed by atoms with van der Waals surface area (Å²) in [5.74, 6) is 6.02. The van der Waals surface area contributed by atoms with Crippen molar-refractivity contribution in [3.8, 4) is 23.3 Å². The van der Waals surface area contributed by atoms with E-state index in [1.807, 2.05) is 0 Å². The first-order chi connectivity index (χ1) is 12.9. The minimum Gasteiger partial charge on any atom is -0.493 e. The highest BCUT2D eigenvalue weighted by atomic mass is 32.2. The van der Waals surface area contributed by atoms with Gasteiger partial charge in [-0.25, -0.2) is 8.42 Å². The standard InChI is InChI=1S/C19H20N2O5S/c1-20-19(22)16-9-5-4-7-14(16)8-6-12-21-27(23,24)15-10-11-17(25-2)18(13-15)26-3/h4-5,7,9-11,13,21H,12H2,1-3H3,(H,20,22). The lowest BCUT2D eigenvalue weighted by atomic mass is 10.1. The number of carbonyl (C=O) groups excluding carboxylic acids is 1. The lowest BCUT2D eigenvalue weighted by molar-refractivity contribution is 0.0963. The van der Waals surface area contributed by atoms with E-state index in [4.69, 9.17) is 9.47 Å². The number of sulfonamides is 1. The Kier molecular flexibility index (Phi) is 6.82. The molecule has 0 saturated heterocycles. The fraction of sp³-hybridized carbons (Fsp3) is 0.211. The van der Waals surface area contributed by atoms with Crippen molar-refractivity contribution < 1.29 is 22.7 Å². The zero-order valence-electron chi connectivity index (χ0n) is 15.2. The van der Waals surface area contributed by atoms with Crippen LogP contribution in [-0.4, -0.2) is 42.1 Å². The van der Waals surface area contributed by atoms with Crippen LogP contribution in [0.3, 0.4) is 0 Å². The van der Waals surface area contributed by atoms with E-state index in [9.17, 15) is 13.2 Å². The third-order valence-corrected chi connectivity index (χ3v) is 5.04. The number of hydrogen-bond acceptors (Lipinski definition) is 5. The first-order valence-corrected chi connectivity index (χ1v) is 9.43. The summed E-state index contributed by atoms with van der Waals surface area (Å²) in [5, 5.41) is 2.54. The number of ether oxygens (including phenoxy) is 2. The van der Waals surface area contributed by atoms with E-state index in [-0.39, 0.29) is 17.3 Å². The van der Waals surface area contributed by atoms with Crippen molar-refractivity contribution in [2.45, 2.75) is 4.90 Å². The minimum absolute atomic E-state index is 0.0349. The number of methoxy groups -OCH3 is 2. The maximum Gasteiger partial charge on any atom is 0.252 e. The number of nitrogens with one attached hydrogen (secondary N) is 2. The smallest absolute Gasteiger partial charge is 0.252 e. The van der Waals surface area contributed by atoms with Crippen LogP contribution >= 0.6 is 0 Å². The van der Waals surface area contributed by atoms with Crippen LogP contribution in [0.1, 0.15) is 15.9 Å². The summed E-state index contributed by atoms with van der Waals surface area (Å²) >= 11 is 0. The number of benzene rings is 2. The maximum absolute atomic E-state index is 12.4. The SMILES string of the molecule is CNC(=O)c1ccccc1C#CCNS(=O)(=O)c1ccc(OC)c(OC)c1. The zero-order chi connectivity index (χ0) is 19.9. The van der Waals surface area contributed by atoms with Crippen molar-refractivity contribution in [3.63, 3.8) is 0 Å². The lowest BCUT2D eigenvalue weighted by Gasteiger charge is -2.10. The number of amides is 1. The number of hydrogen-bond donors (Lipinski definition) is 2. The zero-order valence-corrected chi connectivity index (χ0v) is 16.0. The van der Waals surface area contributed by atoms with Crippen molar-refractivity contribution in [1.82, 2.24) is 10.0 Å². The van der Waals surface area contributed by atoms with Crippen molar-refractivity contribution >= 4 is 15.9 Å². The molecule has 2 aromatic rings. The monoisotopic (exact) mass is 388 g/mol. The molecule has 0 aromatic heterocycles. The van der Waals surface area contributed by atoms with Crippen LogP contribution in [0.15, 0.2) is 47.4 Å². The van der Waals surface area contributed by atoms with Gasteiger partial charge < -0.3 is 14.8 Å². The Balaban J connectivity index is 2.14. The molecular weight excluding hydrogens is 368 g/mol. The normalized spacial score (nSPS) is 10.5. The molecule has 0 aliphatic carbocycles. The first-order valence-electron chi connectivity index (χ1n) is 7.94. The predicted molar refractivity (Wildman–Crippen MR) is 101 cm³/mol. The van der Waals surface area contributed by atoms with Crippen LogP contribution in [0.4, 0.5) is 0 Å². The Morgan fingerprint density at radius 2 is 1.78 bits per heavy atom. The molecule has 0 aliphatic heterocycles. The third-order valence-electron chi connectivity index (χ3n) is 3.64. The Morgan fingerprint density at radius 1 is 1.07 bits per heavy atom.